The largest absolute Gasteiger partial charge is 0.508 e. The molecule has 58 valence electrons. The molecule has 2 nitrogen and oxygen atoms in total. The summed E-state index contributed by atoms with van der Waals surface area (Å²) >= 11 is 1.54. The number of thioether (sulfide) groups is 1. The summed E-state index contributed by atoms with van der Waals surface area (Å²) < 4.78 is 0. The molecule has 0 bridgehead atoms. The third kappa shape index (κ3) is 1.74. The molecule has 11 heavy (non-hydrogen) atoms. The summed E-state index contributed by atoms with van der Waals surface area (Å²) in [7, 11) is 0. The van der Waals surface area contributed by atoms with Gasteiger partial charge in [0.05, 0.1) is 5.69 Å². The Balaban J connectivity index is 3.16. The first-order chi connectivity index (χ1) is 5.27. The molecule has 0 heterocycles. The van der Waals surface area contributed by atoms with Crippen LogP contribution in [0.5, 0.6) is 5.75 Å². The second kappa shape index (κ2) is 3.44. The maximum absolute atomic E-state index is 9.09. The zero-order chi connectivity index (χ0) is 8.27. The molecule has 3 heteroatoms. The lowest BCUT2D eigenvalue weighted by molar-refractivity contribution is 0.474. The molecule has 0 saturated carbocycles. The van der Waals surface area contributed by atoms with E-state index < -0.39 is 0 Å². The van der Waals surface area contributed by atoms with Crippen molar-refractivity contribution in [1.82, 2.24) is 0 Å². The number of benzene rings is 1. The van der Waals surface area contributed by atoms with Crippen LogP contribution < -0.4 is 0 Å². The Morgan fingerprint density at radius 1 is 1.55 bits per heavy atom. The van der Waals surface area contributed by atoms with Gasteiger partial charge >= 0.3 is 0 Å². The van der Waals surface area contributed by atoms with Gasteiger partial charge in [-0.05, 0) is 31.2 Å². The van der Waals surface area contributed by atoms with Gasteiger partial charge in [0.2, 0.25) is 0 Å². The van der Waals surface area contributed by atoms with Crippen LogP contribution in [-0.4, -0.2) is 18.1 Å². The number of hydrogen-bond donors (Lipinski definition) is 1. The van der Waals surface area contributed by atoms with E-state index in [2.05, 4.69) is 11.7 Å². The predicted octanol–water partition coefficient (Wildman–Crippen LogP) is 2.45. The fourth-order valence-corrected chi connectivity index (χ4v) is 1.38. The highest BCUT2D eigenvalue weighted by Crippen LogP contribution is 2.30. The zero-order valence-electron chi connectivity index (χ0n) is 6.24. The summed E-state index contributed by atoms with van der Waals surface area (Å²) in [6, 6.07) is 5.02. The van der Waals surface area contributed by atoms with E-state index in [9.17, 15) is 0 Å². The lowest BCUT2D eigenvalue weighted by Gasteiger charge is -2.00. The molecule has 0 atom stereocenters. The Morgan fingerprint density at radius 3 is 2.82 bits per heavy atom. The van der Waals surface area contributed by atoms with E-state index in [0.717, 1.165) is 10.6 Å². The number of phenols is 1. The van der Waals surface area contributed by atoms with Gasteiger partial charge in [0.15, 0.2) is 0 Å². The predicted molar refractivity (Wildman–Crippen MR) is 49.1 cm³/mol. The third-order valence-corrected chi connectivity index (χ3v) is 2.10. The summed E-state index contributed by atoms with van der Waals surface area (Å²) in [6.45, 7) is 3.42. The average molecular weight is 167 g/mol. The second-order valence-electron chi connectivity index (χ2n) is 2.01. The average Bonchev–Trinajstić information content (AvgIpc) is 2.04. The summed E-state index contributed by atoms with van der Waals surface area (Å²) in [6.07, 6.45) is 1.93. The lowest BCUT2D eigenvalue weighted by Crippen LogP contribution is -1.71. The topological polar surface area (TPSA) is 32.6 Å². The van der Waals surface area contributed by atoms with E-state index in [-0.39, 0.29) is 5.75 Å². The van der Waals surface area contributed by atoms with Gasteiger partial charge < -0.3 is 5.11 Å². The van der Waals surface area contributed by atoms with Crippen LogP contribution in [0.3, 0.4) is 0 Å². The van der Waals surface area contributed by atoms with Crippen LogP contribution >= 0.6 is 11.8 Å². The molecule has 0 unspecified atom stereocenters. The molecule has 0 saturated heterocycles. The van der Waals surface area contributed by atoms with E-state index >= 15 is 0 Å². The molecule has 1 N–H and O–H groups in total. The van der Waals surface area contributed by atoms with Crippen molar-refractivity contribution in [3.8, 4) is 5.75 Å². The van der Waals surface area contributed by atoms with Gasteiger partial charge in [-0.2, -0.15) is 0 Å². The minimum absolute atomic E-state index is 0.266. The van der Waals surface area contributed by atoms with E-state index in [4.69, 9.17) is 5.11 Å². The van der Waals surface area contributed by atoms with Crippen molar-refractivity contribution in [2.24, 2.45) is 4.99 Å². The van der Waals surface area contributed by atoms with Crippen LogP contribution in [0.2, 0.25) is 0 Å². The number of hydrogen-bond acceptors (Lipinski definition) is 3. The maximum atomic E-state index is 9.09. The van der Waals surface area contributed by atoms with Gasteiger partial charge in [0, 0.05) is 4.90 Å². The standard InChI is InChI=1S/C8H9NOS/c1-9-7-4-3-6(10)5-8(7)11-2/h3-5,10H,1H2,2H3. The summed E-state index contributed by atoms with van der Waals surface area (Å²) in [4.78, 5) is 4.74. The summed E-state index contributed by atoms with van der Waals surface area (Å²) in [5.74, 6) is 0.266. The monoisotopic (exact) mass is 167 g/mol. The third-order valence-electron chi connectivity index (χ3n) is 1.33. The molecular weight excluding hydrogens is 158 g/mol. The van der Waals surface area contributed by atoms with Gasteiger partial charge in [-0.1, -0.05) is 0 Å². The van der Waals surface area contributed by atoms with E-state index in [1.54, 1.807) is 30.0 Å². The maximum Gasteiger partial charge on any atom is 0.116 e. The van der Waals surface area contributed by atoms with E-state index in [0.29, 0.717) is 0 Å². The second-order valence-corrected chi connectivity index (χ2v) is 2.86. The van der Waals surface area contributed by atoms with Crippen LogP contribution in [0.25, 0.3) is 0 Å². The molecule has 0 radical (unpaired) electrons. The molecule has 1 aromatic carbocycles. The van der Waals surface area contributed by atoms with Gasteiger partial charge in [-0.25, -0.2) is 0 Å². The normalized spacial score (nSPS) is 9.55. The van der Waals surface area contributed by atoms with Gasteiger partial charge in [-0.15, -0.1) is 11.8 Å². The highest BCUT2D eigenvalue weighted by molar-refractivity contribution is 7.98. The molecule has 1 aromatic rings. The molecule has 0 aliphatic heterocycles. The van der Waals surface area contributed by atoms with Crippen molar-refractivity contribution in [3.63, 3.8) is 0 Å². The molecule has 0 aromatic heterocycles. The van der Waals surface area contributed by atoms with Gasteiger partial charge in [0.25, 0.3) is 0 Å². The quantitative estimate of drug-likeness (QED) is 0.542. The molecule has 0 spiro atoms. The Kier molecular flexibility index (Phi) is 2.54. The number of aromatic hydroxyl groups is 1. The van der Waals surface area contributed by atoms with Crippen LogP contribution in [0.15, 0.2) is 28.1 Å². The van der Waals surface area contributed by atoms with E-state index in [1.165, 1.54) is 0 Å². The molecule has 0 fully saturated rings. The number of phenolic OH excluding ortho intramolecular Hbond substituents is 1. The van der Waals surface area contributed by atoms with Crippen molar-refractivity contribution >= 4 is 24.2 Å². The lowest BCUT2D eigenvalue weighted by atomic mass is 10.3. The van der Waals surface area contributed by atoms with Gasteiger partial charge in [-0.3, -0.25) is 4.99 Å². The number of nitrogens with zero attached hydrogens (tertiary/aromatic N) is 1. The smallest absolute Gasteiger partial charge is 0.116 e. The van der Waals surface area contributed by atoms with Crippen molar-refractivity contribution in [1.29, 1.82) is 0 Å². The van der Waals surface area contributed by atoms with Crippen molar-refractivity contribution in [2.75, 3.05) is 6.26 Å². The first kappa shape index (κ1) is 8.14. The Labute approximate surface area is 70.0 Å². The fourth-order valence-electron chi connectivity index (χ4n) is 0.797. The van der Waals surface area contributed by atoms with Crippen molar-refractivity contribution < 1.29 is 5.11 Å². The van der Waals surface area contributed by atoms with E-state index in [1.807, 2.05) is 6.26 Å². The minimum Gasteiger partial charge on any atom is -0.508 e. The molecular formula is C8H9NOS. The van der Waals surface area contributed by atoms with Gasteiger partial charge in [0.1, 0.15) is 5.75 Å². The summed E-state index contributed by atoms with van der Waals surface area (Å²) in [5, 5.41) is 9.09. The fraction of sp³-hybridized carbons (Fsp3) is 0.125. The minimum atomic E-state index is 0.266. The van der Waals surface area contributed by atoms with Crippen molar-refractivity contribution in [2.45, 2.75) is 4.90 Å². The number of aliphatic imine (C=N–C) groups is 1. The van der Waals surface area contributed by atoms with Crippen LogP contribution in [-0.2, 0) is 0 Å². The Morgan fingerprint density at radius 2 is 2.27 bits per heavy atom. The highest BCUT2D eigenvalue weighted by Gasteiger charge is 1.98. The number of rotatable bonds is 2. The van der Waals surface area contributed by atoms with Crippen molar-refractivity contribution in [3.05, 3.63) is 18.2 Å². The first-order valence-corrected chi connectivity index (χ1v) is 4.34. The van der Waals surface area contributed by atoms with Crippen LogP contribution in [0.1, 0.15) is 0 Å². The highest BCUT2D eigenvalue weighted by atomic mass is 32.2. The van der Waals surface area contributed by atoms with Crippen LogP contribution in [0, 0.1) is 0 Å². The Hall–Kier alpha value is -0.960. The molecule has 1 rings (SSSR count). The molecule has 0 aliphatic carbocycles. The SMILES string of the molecule is C=Nc1ccc(O)cc1SC. The Bertz CT molecular complexity index is 273. The molecule has 0 amide bonds. The zero-order valence-corrected chi connectivity index (χ0v) is 7.06. The first-order valence-electron chi connectivity index (χ1n) is 3.11. The van der Waals surface area contributed by atoms with Crippen LogP contribution in [0.4, 0.5) is 5.69 Å². The summed E-state index contributed by atoms with van der Waals surface area (Å²) in [5.41, 5.74) is 0.815. The molecule has 0 aliphatic rings.